The SMILES string of the molecule is Nc1ccc(CNC(=O)c2cc(F)c(Cl)cc2F)cc1. The lowest BCUT2D eigenvalue weighted by atomic mass is 10.1. The average Bonchev–Trinajstić information content (AvgIpc) is 2.42. The fraction of sp³-hybridized carbons (Fsp3) is 0.0714. The number of carbonyl (C=O) groups is 1. The Morgan fingerprint density at radius 2 is 1.80 bits per heavy atom. The Kier molecular flexibility index (Phi) is 4.20. The van der Waals surface area contributed by atoms with Gasteiger partial charge in [0.2, 0.25) is 0 Å². The third-order valence-corrected chi connectivity index (χ3v) is 2.98. The van der Waals surface area contributed by atoms with Gasteiger partial charge in [0.1, 0.15) is 11.6 Å². The fourth-order valence-electron chi connectivity index (χ4n) is 1.61. The number of hydrogen-bond donors (Lipinski definition) is 2. The maximum Gasteiger partial charge on any atom is 0.254 e. The molecule has 1 amide bonds. The zero-order valence-electron chi connectivity index (χ0n) is 10.3. The van der Waals surface area contributed by atoms with E-state index in [4.69, 9.17) is 17.3 Å². The van der Waals surface area contributed by atoms with Crippen LogP contribution in [0.1, 0.15) is 15.9 Å². The predicted octanol–water partition coefficient (Wildman–Crippen LogP) is 3.13. The van der Waals surface area contributed by atoms with Crippen LogP contribution >= 0.6 is 11.6 Å². The maximum absolute atomic E-state index is 13.5. The molecule has 0 bridgehead atoms. The second kappa shape index (κ2) is 5.88. The number of halogens is 3. The minimum Gasteiger partial charge on any atom is -0.399 e. The number of nitrogens with one attached hydrogen (secondary N) is 1. The van der Waals surface area contributed by atoms with Crippen LogP contribution < -0.4 is 11.1 Å². The lowest BCUT2D eigenvalue weighted by molar-refractivity contribution is 0.0946. The van der Waals surface area contributed by atoms with Crippen molar-refractivity contribution in [2.75, 3.05) is 5.73 Å². The largest absolute Gasteiger partial charge is 0.399 e. The van der Waals surface area contributed by atoms with Crippen molar-refractivity contribution in [3.8, 4) is 0 Å². The van der Waals surface area contributed by atoms with Crippen LogP contribution in [0.4, 0.5) is 14.5 Å². The van der Waals surface area contributed by atoms with Gasteiger partial charge in [-0.1, -0.05) is 23.7 Å². The molecule has 6 heteroatoms. The smallest absolute Gasteiger partial charge is 0.254 e. The van der Waals surface area contributed by atoms with Crippen LogP contribution in [0.5, 0.6) is 0 Å². The van der Waals surface area contributed by atoms with Gasteiger partial charge in [-0.2, -0.15) is 0 Å². The number of amides is 1. The van der Waals surface area contributed by atoms with Gasteiger partial charge in [-0.3, -0.25) is 4.79 Å². The van der Waals surface area contributed by atoms with Crippen LogP contribution in [0.3, 0.4) is 0 Å². The first-order valence-electron chi connectivity index (χ1n) is 5.74. The lowest BCUT2D eigenvalue weighted by Crippen LogP contribution is -2.24. The highest BCUT2D eigenvalue weighted by atomic mass is 35.5. The Labute approximate surface area is 119 Å². The van der Waals surface area contributed by atoms with Gasteiger partial charge in [0.05, 0.1) is 10.6 Å². The van der Waals surface area contributed by atoms with Crippen LogP contribution in [-0.4, -0.2) is 5.91 Å². The average molecular weight is 297 g/mol. The summed E-state index contributed by atoms with van der Waals surface area (Å²) in [4.78, 5) is 11.8. The first kappa shape index (κ1) is 14.3. The summed E-state index contributed by atoms with van der Waals surface area (Å²) in [5.74, 6) is -2.42. The highest BCUT2D eigenvalue weighted by Crippen LogP contribution is 2.19. The summed E-state index contributed by atoms with van der Waals surface area (Å²) >= 11 is 5.42. The van der Waals surface area contributed by atoms with E-state index in [1.807, 2.05) is 0 Å². The Balaban J connectivity index is 2.09. The monoisotopic (exact) mass is 296 g/mol. The zero-order valence-corrected chi connectivity index (χ0v) is 11.0. The molecule has 3 N–H and O–H groups in total. The Bertz CT molecular complexity index is 644. The normalized spacial score (nSPS) is 10.3. The molecule has 2 rings (SSSR count). The van der Waals surface area contributed by atoms with Crippen molar-refractivity contribution in [1.82, 2.24) is 5.32 Å². The summed E-state index contributed by atoms with van der Waals surface area (Å²) in [5, 5.41) is 2.13. The molecular weight excluding hydrogens is 286 g/mol. The molecule has 0 heterocycles. The molecule has 0 unspecified atom stereocenters. The van der Waals surface area contributed by atoms with Gasteiger partial charge in [0.25, 0.3) is 5.91 Å². The number of hydrogen-bond acceptors (Lipinski definition) is 2. The van der Waals surface area contributed by atoms with Crippen molar-refractivity contribution in [2.45, 2.75) is 6.54 Å². The molecule has 0 aliphatic carbocycles. The highest BCUT2D eigenvalue weighted by Gasteiger charge is 2.15. The van der Waals surface area contributed by atoms with E-state index >= 15 is 0 Å². The minimum atomic E-state index is -0.869. The van der Waals surface area contributed by atoms with Gasteiger partial charge in [0, 0.05) is 12.2 Å². The molecule has 0 aliphatic rings. The van der Waals surface area contributed by atoms with Crippen LogP contribution in [-0.2, 0) is 6.54 Å². The molecule has 0 saturated heterocycles. The van der Waals surface area contributed by atoms with Crippen molar-refractivity contribution < 1.29 is 13.6 Å². The molecule has 2 aromatic rings. The summed E-state index contributed by atoms with van der Waals surface area (Å²) in [6.45, 7) is 0.183. The summed E-state index contributed by atoms with van der Waals surface area (Å²) in [6, 6.07) is 8.38. The number of rotatable bonds is 3. The molecule has 0 spiro atoms. The summed E-state index contributed by atoms with van der Waals surface area (Å²) in [5.41, 5.74) is 6.54. The van der Waals surface area contributed by atoms with Crippen molar-refractivity contribution in [2.24, 2.45) is 0 Å². The number of nitrogen functional groups attached to an aromatic ring is 1. The summed E-state index contributed by atoms with van der Waals surface area (Å²) in [7, 11) is 0. The van der Waals surface area contributed by atoms with E-state index in [0.717, 1.165) is 17.7 Å². The second-order valence-electron chi connectivity index (χ2n) is 4.17. The quantitative estimate of drug-likeness (QED) is 0.675. The van der Waals surface area contributed by atoms with Crippen LogP contribution in [0.25, 0.3) is 0 Å². The number of carbonyl (C=O) groups excluding carboxylic acids is 1. The molecule has 20 heavy (non-hydrogen) atoms. The molecule has 0 fully saturated rings. The predicted molar refractivity (Wildman–Crippen MR) is 73.4 cm³/mol. The molecule has 0 aliphatic heterocycles. The highest BCUT2D eigenvalue weighted by molar-refractivity contribution is 6.30. The third kappa shape index (κ3) is 3.24. The first-order valence-corrected chi connectivity index (χ1v) is 6.12. The molecular formula is C14H11ClF2N2O. The van der Waals surface area contributed by atoms with Gasteiger partial charge in [-0.05, 0) is 29.8 Å². The fourth-order valence-corrected chi connectivity index (χ4v) is 1.76. The Morgan fingerprint density at radius 1 is 1.15 bits per heavy atom. The number of benzene rings is 2. The molecule has 104 valence electrons. The van der Waals surface area contributed by atoms with E-state index in [-0.39, 0.29) is 17.1 Å². The van der Waals surface area contributed by atoms with Crippen LogP contribution in [0.15, 0.2) is 36.4 Å². The van der Waals surface area contributed by atoms with Gasteiger partial charge < -0.3 is 11.1 Å². The van der Waals surface area contributed by atoms with E-state index in [0.29, 0.717) is 5.69 Å². The van der Waals surface area contributed by atoms with E-state index in [1.54, 1.807) is 24.3 Å². The molecule has 0 radical (unpaired) electrons. The topological polar surface area (TPSA) is 55.1 Å². The van der Waals surface area contributed by atoms with Crippen molar-refractivity contribution in [3.05, 3.63) is 64.2 Å². The van der Waals surface area contributed by atoms with Gasteiger partial charge in [0.15, 0.2) is 0 Å². The number of nitrogens with two attached hydrogens (primary N) is 1. The molecule has 0 atom stereocenters. The first-order chi connectivity index (χ1) is 9.47. The maximum atomic E-state index is 13.5. The van der Waals surface area contributed by atoms with E-state index in [9.17, 15) is 13.6 Å². The minimum absolute atomic E-state index is 0.183. The summed E-state index contributed by atoms with van der Waals surface area (Å²) < 4.78 is 26.8. The van der Waals surface area contributed by atoms with E-state index < -0.39 is 17.5 Å². The second-order valence-corrected chi connectivity index (χ2v) is 4.58. The van der Waals surface area contributed by atoms with Gasteiger partial charge in [-0.25, -0.2) is 8.78 Å². The molecule has 0 saturated carbocycles. The molecule has 3 nitrogen and oxygen atoms in total. The standard InChI is InChI=1S/C14H11ClF2N2O/c15-11-6-12(16)10(5-13(11)17)14(20)19-7-8-1-3-9(18)4-2-8/h1-6H,7,18H2,(H,19,20). The van der Waals surface area contributed by atoms with Gasteiger partial charge in [-0.15, -0.1) is 0 Å². The lowest BCUT2D eigenvalue weighted by Gasteiger charge is -2.07. The number of anilines is 1. The van der Waals surface area contributed by atoms with Crippen LogP contribution in [0.2, 0.25) is 5.02 Å². The van der Waals surface area contributed by atoms with Crippen molar-refractivity contribution >= 4 is 23.2 Å². The third-order valence-electron chi connectivity index (χ3n) is 2.69. The molecule has 0 aromatic heterocycles. The van der Waals surface area contributed by atoms with E-state index in [2.05, 4.69) is 5.32 Å². The van der Waals surface area contributed by atoms with Gasteiger partial charge >= 0.3 is 0 Å². The van der Waals surface area contributed by atoms with E-state index in [1.165, 1.54) is 0 Å². The van der Waals surface area contributed by atoms with Crippen LogP contribution in [0, 0.1) is 11.6 Å². The van der Waals surface area contributed by atoms with Crippen molar-refractivity contribution in [3.63, 3.8) is 0 Å². The zero-order chi connectivity index (χ0) is 14.7. The Morgan fingerprint density at radius 3 is 2.45 bits per heavy atom. The van der Waals surface area contributed by atoms with Crippen molar-refractivity contribution in [1.29, 1.82) is 0 Å². The Hall–Kier alpha value is -2.14. The summed E-state index contributed by atoms with van der Waals surface area (Å²) in [6.07, 6.45) is 0. The molecule has 2 aromatic carbocycles.